The summed E-state index contributed by atoms with van der Waals surface area (Å²) in [7, 11) is 0. The SMILES string of the molecule is Cc1cccnc1C(NC(=O)C1CCN(C(=O)c2cccs2)CC1)c1cccs1. The Morgan fingerprint density at radius 3 is 2.52 bits per heavy atom. The first-order chi connectivity index (χ1) is 14.1. The Bertz CT molecular complexity index is 962. The van der Waals surface area contributed by atoms with E-state index in [9.17, 15) is 9.59 Å². The maximum atomic E-state index is 13.1. The fourth-order valence-electron chi connectivity index (χ4n) is 3.69. The summed E-state index contributed by atoms with van der Waals surface area (Å²) in [5.74, 6) is 0.0185. The van der Waals surface area contributed by atoms with Gasteiger partial charge >= 0.3 is 0 Å². The van der Waals surface area contributed by atoms with Gasteiger partial charge in [-0.15, -0.1) is 22.7 Å². The largest absolute Gasteiger partial charge is 0.343 e. The normalized spacial score (nSPS) is 15.8. The van der Waals surface area contributed by atoms with Crippen LogP contribution in [0.15, 0.2) is 53.4 Å². The molecule has 0 bridgehead atoms. The van der Waals surface area contributed by atoms with Crippen molar-refractivity contribution in [2.45, 2.75) is 25.8 Å². The van der Waals surface area contributed by atoms with Crippen molar-refractivity contribution in [2.75, 3.05) is 13.1 Å². The Morgan fingerprint density at radius 1 is 1.10 bits per heavy atom. The molecule has 1 aliphatic heterocycles. The molecule has 1 N–H and O–H groups in total. The van der Waals surface area contributed by atoms with Crippen LogP contribution in [0.2, 0.25) is 0 Å². The van der Waals surface area contributed by atoms with Crippen molar-refractivity contribution >= 4 is 34.5 Å². The number of nitrogens with one attached hydrogen (secondary N) is 1. The number of piperidine rings is 1. The summed E-state index contributed by atoms with van der Waals surface area (Å²) in [4.78, 5) is 33.8. The molecule has 3 aromatic rings. The Kier molecular flexibility index (Phi) is 6.06. The van der Waals surface area contributed by atoms with Gasteiger partial charge in [-0.05, 0) is 54.3 Å². The zero-order valence-electron chi connectivity index (χ0n) is 16.2. The van der Waals surface area contributed by atoms with Gasteiger partial charge in [0.15, 0.2) is 0 Å². The van der Waals surface area contributed by atoms with Crippen molar-refractivity contribution in [1.29, 1.82) is 0 Å². The molecule has 0 radical (unpaired) electrons. The van der Waals surface area contributed by atoms with Gasteiger partial charge in [-0.1, -0.05) is 18.2 Å². The number of hydrogen-bond acceptors (Lipinski definition) is 5. The van der Waals surface area contributed by atoms with Crippen LogP contribution in [0.4, 0.5) is 0 Å². The topological polar surface area (TPSA) is 62.3 Å². The van der Waals surface area contributed by atoms with Crippen LogP contribution >= 0.6 is 22.7 Å². The van der Waals surface area contributed by atoms with Gasteiger partial charge in [0, 0.05) is 30.1 Å². The maximum Gasteiger partial charge on any atom is 0.263 e. The lowest BCUT2D eigenvalue weighted by Gasteiger charge is -2.32. The summed E-state index contributed by atoms with van der Waals surface area (Å²) in [6.45, 7) is 3.24. The number of carbonyl (C=O) groups is 2. The van der Waals surface area contributed by atoms with Crippen molar-refractivity contribution in [2.24, 2.45) is 5.92 Å². The quantitative estimate of drug-likeness (QED) is 0.664. The van der Waals surface area contributed by atoms with Crippen LogP contribution in [0.3, 0.4) is 0 Å². The van der Waals surface area contributed by atoms with Crippen molar-refractivity contribution in [3.8, 4) is 0 Å². The van der Waals surface area contributed by atoms with E-state index < -0.39 is 0 Å². The minimum atomic E-state index is -0.241. The lowest BCUT2D eigenvalue weighted by molar-refractivity contribution is -0.126. The van der Waals surface area contributed by atoms with E-state index in [0.29, 0.717) is 25.9 Å². The molecule has 1 fully saturated rings. The number of aromatic nitrogens is 1. The molecule has 29 heavy (non-hydrogen) atoms. The van der Waals surface area contributed by atoms with E-state index in [0.717, 1.165) is 21.0 Å². The van der Waals surface area contributed by atoms with Gasteiger partial charge in [0.05, 0.1) is 10.6 Å². The number of nitrogens with zero attached hydrogens (tertiary/aromatic N) is 2. The molecule has 1 saturated heterocycles. The lowest BCUT2D eigenvalue weighted by Crippen LogP contribution is -2.43. The van der Waals surface area contributed by atoms with Crippen LogP contribution in [0.1, 0.15) is 44.7 Å². The minimum absolute atomic E-state index is 0.0386. The fraction of sp³-hybridized carbons (Fsp3) is 0.318. The second kappa shape index (κ2) is 8.88. The number of likely N-dealkylation sites (tertiary alicyclic amines) is 1. The summed E-state index contributed by atoms with van der Waals surface area (Å²) >= 11 is 3.08. The smallest absolute Gasteiger partial charge is 0.263 e. The number of carbonyl (C=O) groups excluding carboxylic acids is 2. The summed E-state index contributed by atoms with van der Waals surface area (Å²) in [5, 5.41) is 7.16. The standard InChI is InChI=1S/C22H23N3O2S2/c1-15-5-2-10-23-19(15)20(17-6-3-13-28-17)24-21(26)16-8-11-25(12-9-16)22(27)18-7-4-14-29-18/h2-7,10,13-14,16,20H,8-9,11-12H2,1H3,(H,24,26). The minimum Gasteiger partial charge on any atom is -0.343 e. The second-order valence-electron chi connectivity index (χ2n) is 7.21. The van der Waals surface area contributed by atoms with Crippen LogP contribution in [0.5, 0.6) is 0 Å². The lowest BCUT2D eigenvalue weighted by atomic mass is 9.95. The van der Waals surface area contributed by atoms with Crippen LogP contribution < -0.4 is 5.32 Å². The highest BCUT2D eigenvalue weighted by molar-refractivity contribution is 7.12. The Hall–Kier alpha value is -2.51. The molecule has 0 saturated carbocycles. The molecule has 4 rings (SSSR count). The van der Waals surface area contributed by atoms with Gasteiger partial charge in [-0.2, -0.15) is 0 Å². The number of aryl methyl sites for hydroxylation is 1. The Balaban J connectivity index is 1.43. The van der Waals surface area contributed by atoms with Gasteiger partial charge in [-0.3, -0.25) is 14.6 Å². The highest BCUT2D eigenvalue weighted by Crippen LogP contribution is 2.28. The first-order valence-electron chi connectivity index (χ1n) is 9.71. The predicted octanol–water partition coefficient (Wildman–Crippen LogP) is 4.27. The van der Waals surface area contributed by atoms with Gasteiger partial charge in [0.25, 0.3) is 5.91 Å². The molecule has 0 aromatic carbocycles. The molecule has 4 heterocycles. The number of amides is 2. The van der Waals surface area contributed by atoms with E-state index in [1.807, 2.05) is 59.0 Å². The molecular formula is C22H23N3O2S2. The van der Waals surface area contributed by atoms with Gasteiger partial charge in [0.2, 0.25) is 5.91 Å². The monoisotopic (exact) mass is 425 g/mol. The summed E-state index contributed by atoms with van der Waals surface area (Å²) in [5.41, 5.74) is 1.94. The van der Waals surface area contributed by atoms with Gasteiger partial charge in [0.1, 0.15) is 6.04 Å². The fourth-order valence-corrected chi connectivity index (χ4v) is 5.16. The average Bonchev–Trinajstić information content (AvgIpc) is 3.46. The molecule has 2 amide bonds. The van der Waals surface area contributed by atoms with Crippen LogP contribution in [0, 0.1) is 12.8 Å². The average molecular weight is 426 g/mol. The molecule has 3 aromatic heterocycles. The van der Waals surface area contributed by atoms with E-state index in [1.54, 1.807) is 17.5 Å². The number of thiophene rings is 2. The summed E-state index contributed by atoms with van der Waals surface area (Å²) < 4.78 is 0. The molecule has 0 spiro atoms. The van der Waals surface area contributed by atoms with E-state index in [1.165, 1.54) is 11.3 Å². The van der Waals surface area contributed by atoms with E-state index in [-0.39, 0.29) is 23.8 Å². The molecule has 7 heteroatoms. The Labute approximate surface area is 178 Å². The molecule has 1 unspecified atom stereocenters. The molecular weight excluding hydrogens is 402 g/mol. The van der Waals surface area contributed by atoms with Gasteiger partial charge < -0.3 is 10.2 Å². The molecule has 0 aliphatic carbocycles. The van der Waals surface area contributed by atoms with Crippen LogP contribution in [-0.4, -0.2) is 34.8 Å². The van der Waals surface area contributed by atoms with Crippen molar-refractivity contribution < 1.29 is 9.59 Å². The highest BCUT2D eigenvalue weighted by Gasteiger charge is 2.30. The zero-order valence-corrected chi connectivity index (χ0v) is 17.8. The summed E-state index contributed by atoms with van der Waals surface area (Å²) in [6.07, 6.45) is 3.13. The van der Waals surface area contributed by atoms with Gasteiger partial charge in [-0.25, -0.2) is 0 Å². The van der Waals surface area contributed by atoms with E-state index >= 15 is 0 Å². The first kappa shape index (κ1) is 19.8. The third-order valence-electron chi connectivity index (χ3n) is 5.32. The molecule has 5 nitrogen and oxygen atoms in total. The number of rotatable bonds is 5. The first-order valence-corrected chi connectivity index (χ1v) is 11.5. The zero-order chi connectivity index (χ0) is 20.2. The van der Waals surface area contributed by atoms with Crippen molar-refractivity contribution in [3.05, 3.63) is 74.4 Å². The van der Waals surface area contributed by atoms with Crippen LogP contribution in [-0.2, 0) is 4.79 Å². The van der Waals surface area contributed by atoms with E-state index in [4.69, 9.17) is 0 Å². The summed E-state index contributed by atoms with van der Waals surface area (Å²) in [6, 6.07) is 11.5. The molecule has 1 atom stereocenters. The third kappa shape index (κ3) is 4.41. The molecule has 1 aliphatic rings. The molecule has 150 valence electrons. The third-order valence-corrected chi connectivity index (χ3v) is 7.12. The predicted molar refractivity (Wildman–Crippen MR) is 116 cm³/mol. The van der Waals surface area contributed by atoms with E-state index in [2.05, 4.69) is 10.3 Å². The van der Waals surface area contributed by atoms with Crippen molar-refractivity contribution in [1.82, 2.24) is 15.2 Å². The Morgan fingerprint density at radius 2 is 1.86 bits per heavy atom. The van der Waals surface area contributed by atoms with Crippen molar-refractivity contribution in [3.63, 3.8) is 0 Å². The van der Waals surface area contributed by atoms with Crippen LogP contribution in [0.25, 0.3) is 0 Å². The number of pyridine rings is 1. The highest BCUT2D eigenvalue weighted by atomic mass is 32.1. The number of hydrogen-bond donors (Lipinski definition) is 1. The maximum absolute atomic E-state index is 13.1. The second-order valence-corrected chi connectivity index (χ2v) is 9.13.